The highest BCUT2D eigenvalue weighted by atomic mass is 16.5. The van der Waals surface area contributed by atoms with Crippen molar-refractivity contribution < 1.29 is 4.52 Å². The molecule has 0 spiro atoms. The molecule has 0 aromatic carbocycles. The Kier molecular flexibility index (Phi) is 0.983. The van der Waals surface area contributed by atoms with E-state index >= 15 is 0 Å². The van der Waals surface area contributed by atoms with Crippen LogP contribution in [-0.2, 0) is 6.54 Å². The van der Waals surface area contributed by atoms with E-state index in [1.165, 1.54) is 0 Å². The molecule has 0 fully saturated rings. The first kappa shape index (κ1) is 5.43. The maximum Gasteiger partial charge on any atom is 0.275 e. The summed E-state index contributed by atoms with van der Waals surface area (Å²) in [6.45, 7) is 0.393. The minimum absolute atomic E-state index is 0.393. The van der Waals surface area contributed by atoms with E-state index in [1.54, 1.807) is 6.20 Å². The number of nitrogens with zero attached hydrogens (tertiary/aromatic N) is 2. The maximum atomic E-state index is 5.32. The molecule has 0 saturated heterocycles. The number of rotatable bonds is 1. The molecule has 2 aromatic heterocycles. The highest BCUT2D eigenvalue weighted by Gasteiger charge is 2.02. The number of nitrogens with two attached hydrogens (primary N) is 1. The van der Waals surface area contributed by atoms with Crippen molar-refractivity contribution in [3.8, 4) is 0 Å². The van der Waals surface area contributed by atoms with Gasteiger partial charge >= 0.3 is 0 Å². The molecule has 0 atom stereocenters. The van der Waals surface area contributed by atoms with Crippen molar-refractivity contribution in [3.63, 3.8) is 0 Å². The van der Waals surface area contributed by atoms with Gasteiger partial charge in [0.05, 0.1) is 12.7 Å². The van der Waals surface area contributed by atoms with E-state index < -0.39 is 0 Å². The highest BCUT2D eigenvalue weighted by Crippen LogP contribution is 2.08. The van der Waals surface area contributed by atoms with Gasteiger partial charge < -0.3 is 15.2 Å². The van der Waals surface area contributed by atoms with Crippen molar-refractivity contribution in [1.29, 1.82) is 0 Å². The molecule has 0 saturated carbocycles. The second kappa shape index (κ2) is 1.81. The number of aromatic amines is 1. The molecule has 2 aromatic rings. The molecule has 0 aliphatic heterocycles. The van der Waals surface area contributed by atoms with Gasteiger partial charge in [-0.1, -0.05) is 5.16 Å². The Morgan fingerprint density at radius 2 is 2.60 bits per heavy atom. The van der Waals surface area contributed by atoms with Crippen molar-refractivity contribution in [2.45, 2.75) is 6.54 Å². The molecule has 2 rings (SSSR count). The number of aromatic nitrogens is 3. The smallest absolute Gasteiger partial charge is 0.275 e. The molecule has 0 amide bonds. The predicted octanol–water partition coefficient (Wildman–Crippen LogP) is 0.00960. The Morgan fingerprint density at radius 1 is 1.70 bits per heavy atom. The lowest BCUT2D eigenvalue weighted by Crippen LogP contribution is -1.97. The molecule has 0 aliphatic carbocycles. The number of fused-ring (bicyclic) bond motifs is 1. The van der Waals surface area contributed by atoms with Gasteiger partial charge in [0.25, 0.3) is 5.71 Å². The summed E-state index contributed by atoms with van der Waals surface area (Å²) in [7, 11) is 0. The predicted molar refractivity (Wildman–Crippen MR) is 34.0 cm³/mol. The van der Waals surface area contributed by atoms with Crippen LogP contribution in [0.4, 0.5) is 0 Å². The van der Waals surface area contributed by atoms with Crippen LogP contribution in [0.5, 0.6) is 0 Å². The molecule has 10 heavy (non-hydrogen) atoms. The van der Waals surface area contributed by atoms with Gasteiger partial charge in [-0.2, -0.15) is 4.98 Å². The normalized spacial score (nSPS) is 10.9. The third kappa shape index (κ3) is 0.608. The van der Waals surface area contributed by atoms with Crippen molar-refractivity contribution in [2.24, 2.45) is 5.73 Å². The molecule has 52 valence electrons. The van der Waals surface area contributed by atoms with Crippen LogP contribution < -0.4 is 5.73 Å². The molecule has 5 nitrogen and oxygen atoms in total. The zero-order valence-corrected chi connectivity index (χ0v) is 5.16. The number of imidazole rings is 1. The summed E-state index contributed by atoms with van der Waals surface area (Å²) in [5.74, 6) is 0.719. The second-order valence-corrected chi connectivity index (χ2v) is 1.93. The van der Waals surface area contributed by atoms with E-state index in [-0.39, 0.29) is 0 Å². The topological polar surface area (TPSA) is 80.7 Å². The fourth-order valence-electron chi connectivity index (χ4n) is 0.802. The van der Waals surface area contributed by atoms with E-state index in [9.17, 15) is 0 Å². The monoisotopic (exact) mass is 138 g/mol. The Bertz CT molecular complexity index is 307. The summed E-state index contributed by atoms with van der Waals surface area (Å²) in [6.07, 6.45) is 1.57. The first-order valence-corrected chi connectivity index (χ1v) is 2.89. The Hall–Kier alpha value is -1.36. The van der Waals surface area contributed by atoms with Gasteiger partial charge in [0, 0.05) is 0 Å². The number of H-pyrrole nitrogens is 1. The minimum atomic E-state index is 0.393. The van der Waals surface area contributed by atoms with Crippen LogP contribution in [0.2, 0.25) is 0 Å². The highest BCUT2D eigenvalue weighted by molar-refractivity contribution is 5.66. The Labute approximate surface area is 56.2 Å². The van der Waals surface area contributed by atoms with E-state index in [1.807, 2.05) is 0 Å². The first-order chi connectivity index (χ1) is 4.90. The summed E-state index contributed by atoms with van der Waals surface area (Å²) in [5.41, 5.74) is 6.62. The molecule has 5 heteroatoms. The SMILES string of the molecule is NCc1nc2oncc2[nH]1. The summed E-state index contributed by atoms with van der Waals surface area (Å²) >= 11 is 0. The third-order valence-electron chi connectivity index (χ3n) is 1.26. The van der Waals surface area contributed by atoms with Gasteiger partial charge in [0.15, 0.2) is 0 Å². The fraction of sp³-hybridized carbons (Fsp3) is 0.200. The molecule has 0 bridgehead atoms. The van der Waals surface area contributed by atoms with E-state index in [4.69, 9.17) is 10.3 Å². The van der Waals surface area contributed by atoms with Gasteiger partial charge in [-0.25, -0.2) is 0 Å². The summed E-state index contributed by atoms with van der Waals surface area (Å²) < 4.78 is 4.75. The number of nitrogens with one attached hydrogen (secondary N) is 1. The van der Waals surface area contributed by atoms with E-state index in [2.05, 4.69) is 15.1 Å². The van der Waals surface area contributed by atoms with Crippen molar-refractivity contribution in [2.75, 3.05) is 0 Å². The lowest BCUT2D eigenvalue weighted by atomic mass is 10.6. The Balaban J connectivity index is 2.67. The zero-order valence-electron chi connectivity index (χ0n) is 5.16. The van der Waals surface area contributed by atoms with Gasteiger partial charge in [0.2, 0.25) is 0 Å². The van der Waals surface area contributed by atoms with Crippen molar-refractivity contribution in [1.82, 2.24) is 15.1 Å². The molecule has 0 unspecified atom stereocenters. The average Bonchev–Trinajstić information content (AvgIpc) is 2.42. The summed E-state index contributed by atoms with van der Waals surface area (Å²) in [5, 5.41) is 3.53. The van der Waals surface area contributed by atoms with E-state index in [0.29, 0.717) is 12.3 Å². The number of hydrogen-bond donors (Lipinski definition) is 2. The standard InChI is InChI=1S/C5H6N4O/c6-1-4-8-3-2-7-10-5(3)9-4/h2H,1,6H2,(H,8,9). The lowest BCUT2D eigenvalue weighted by Gasteiger charge is -1.81. The maximum absolute atomic E-state index is 5.32. The van der Waals surface area contributed by atoms with Gasteiger partial charge in [-0.05, 0) is 0 Å². The molecular formula is C5H6N4O. The molecule has 2 heterocycles. The fourth-order valence-corrected chi connectivity index (χ4v) is 0.802. The zero-order chi connectivity index (χ0) is 6.97. The largest absolute Gasteiger partial charge is 0.337 e. The third-order valence-corrected chi connectivity index (χ3v) is 1.26. The lowest BCUT2D eigenvalue weighted by molar-refractivity contribution is 0.448. The van der Waals surface area contributed by atoms with Crippen molar-refractivity contribution in [3.05, 3.63) is 12.0 Å². The van der Waals surface area contributed by atoms with Crippen LogP contribution in [-0.4, -0.2) is 15.1 Å². The molecule has 0 aliphatic rings. The van der Waals surface area contributed by atoms with Gasteiger partial charge in [-0.15, -0.1) is 0 Å². The molecular weight excluding hydrogens is 132 g/mol. The second-order valence-electron chi connectivity index (χ2n) is 1.93. The van der Waals surface area contributed by atoms with Crippen LogP contribution in [0.1, 0.15) is 5.82 Å². The first-order valence-electron chi connectivity index (χ1n) is 2.89. The average molecular weight is 138 g/mol. The Morgan fingerprint density at radius 3 is 3.30 bits per heavy atom. The number of hydrogen-bond acceptors (Lipinski definition) is 4. The molecule has 0 radical (unpaired) electrons. The van der Waals surface area contributed by atoms with Crippen LogP contribution in [0, 0.1) is 0 Å². The summed E-state index contributed by atoms with van der Waals surface area (Å²) in [6, 6.07) is 0. The minimum Gasteiger partial charge on any atom is -0.337 e. The van der Waals surface area contributed by atoms with E-state index in [0.717, 1.165) is 11.3 Å². The summed E-state index contributed by atoms with van der Waals surface area (Å²) in [4.78, 5) is 6.91. The van der Waals surface area contributed by atoms with Crippen LogP contribution in [0.25, 0.3) is 11.2 Å². The quantitative estimate of drug-likeness (QED) is 0.581. The van der Waals surface area contributed by atoms with Crippen molar-refractivity contribution >= 4 is 11.2 Å². The van der Waals surface area contributed by atoms with Gasteiger partial charge in [0.1, 0.15) is 11.3 Å². The van der Waals surface area contributed by atoms with Gasteiger partial charge in [-0.3, -0.25) is 0 Å². The van der Waals surface area contributed by atoms with Crippen LogP contribution >= 0.6 is 0 Å². The van der Waals surface area contributed by atoms with Crippen LogP contribution in [0.15, 0.2) is 10.7 Å². The van der Waals surface area contributed by atoms with Crippen LogP contribution in [0.3, 0.4) is 0 Å². The molecule has 3 N–H and O–H groups in total.